The number of hydrazone groups is 1. The fourth-order valence-electron chi connectivity index (χ4n) is 2.81. The molecule has 0 spiro atoms. The minimum absolute atomic E-state index is 0.0351. The van der Waals surface area contributed by atoms with Gasteiger partial charge in [0, 0.05) is 51.8 Å². The van der Waals surface area contributed by atoms with Crippen molar-refractivity contribution in [3.05, 3.63) is 30.3 Å². The average Bonchev–Trinajstić information content (AvgIpc) is 2.58. The first-order valence-corrected chi connectivity index (χ1v) is 7.58. The minimum Gasteiger partial charge on any atom is -0.368 e. The molecule has 116 valence electrons. The van der Waals surface area contributed by atoms with Crippen LogP contribution in [0, 0.1) is 0 Å². The summed E-state index contributed by atoms with van der Waals surface area (Å²) in [6, 6.07) is 10.2. The molecule has 0 aliphatic carbocycles. The SMILES string of the molecule is CN1N=C(C(=O)N2CCN(c3ccccc3)CC2)CCC1=O. The van der Waals surface area contributed by atoms with Gasteiger partial charge in [-0.15, -0.1) is 0 Å². The molecule has 0 saturated carbocycles. The molecule has 2 aliphatic heterocycles. The van der Waals surface area contributed by atoms with Crippen molar-refractivity contribution in [3.8, 4) is 0 Å². The summed E-state index contributed by atoms with van der Waals surface area (Å²) in [5, 5.41) is 5.39. The molecule has 0 atom stereocenters. The molecular weight excluding hydrogens is 280 g/mol. The van der Waals surface area contributed by atoms with Crippen LogP contribution in [0.2, 0.25) is 0 Å². The van der Waals surface area contributed by atoms with Crippen LogP contribution in [0.3, 0.4) is 0 Å². The number of anilines is 1. The Balaban J connectivity index is 1.61. The van der Waals surface area contributed by atoms with Crippen molar-refractivity contribution in [2.75, 3.05) is 38.1 Å². The Hall–Kier alpha value is -2.37. The molecule has 0 radical (unpaired) electrons. The van der Waals surface area contributed by atoms with Crippen molar-refractivity contribution in [2.24, 2.45) is 5.10 Å². The summed E-state index contributed by atoms with van der Waals surface area (Å²) >= 11 is 0. The molecule has 3 rings (SSSR count). The molecular formula is C16H20N4O2. The van der Waals surface area contributed by atoms with Gasteiger partial charge in [0.15, 0.2) is 0 Å². The number of rotatable bonds is 2. The molecule has 2 heterocycles. The average molecular weight is 300 g/mol. The van der Waals surface area contributed by atoms with Gasteiger partial charge in [-0.3, -0.25) is 9.59 Å². The standard InChI is InChI=1S/C16H20N4O2/c1-18-15(21)8-7-14(17-18)16(22)20-11-9-19(10-12-20)13-5-3-2-4-6-13/h2-6H,7-12H2,1H3. The highest BCUT2D eigenvalue weighted by Crippen LogP contribution is 2.16. The van der Waals surface area contributed by atoms with Crippen LogP contribution >= 0.6 is 0 Å². The molecule has 6 nitrogen and oxygen atoms in total. The van der Waals surface area contributed by atoms with E-state index in [9.17, 15) is 9.59 Å². The first kappa shape index (κ1) is 14.6. The van der Waals surface area contributed by atoms with Crippen LogP contribution < -0.4 is 4.90 Å². The Kier molecular flexibility index (Phi) is 4.09. The van der Waals surface area contributed by atoms with E-state index in [2.05, 4.69) is 22.1 Å². The number of carbonyl (C=O) groups is 2. The van der Waals surface area contributed by atoms with E-state index >= 15 is 0 Å². The van der Waals surface area contributed by atoms with Crippen molar-refractivity contribution in [1.29, 1.82) is 0 Å². The molecule has 1 fully saturated rings. The molecule has 2 aliphatic rings. The van der Waals surface area contributed by atoms with E-state index in [0.717, 1.165) is 13.1 Å². The van der Waals surface area contributed by atoms with Crippen LogP contribution in [0.15, 0.2) is 35.4 Å². The quantitative estimate of drug-likeness (QED) is 0.817. The Morgan fingerprint density at radius 1 is 1.05 bits per heavy atom. The second-order valence-corrected chi connectivity index (χ2v) is 5.58. The predicted octanol–water partition coefficient (Wildman–Crippen LogP) is 0.943. The normalized spacial score (nSPS) is 19.2. The fourth-order valence-corrected chi connectivity index (χ4v) is 2.81. The van der Waals surface area contributed by atoms with Crippen LogP contribution in [-0.2, 0) is 9.59 Å². The molecule has 1 saturated heterocycles. The monoisotopic (exact) mass is 300 g/mol. The van der Waals surface area contributed by atoms with Crippen molar-refractivity contribution in [2.45, 2.75) is 12.8 Å². The molecule has 2 amide bonds. The summed E-state index contributed by atoms with van der Waals surface area (Å²) in [6.07, 6.45) is 0.811. The van der Waals surface area contributed by atoms with E-state index in [4.69, 9.17) is 0 Å². The maximum atomic E-state index is 12.5. The van der Waals surface area contributed by atoms with Gasteiger partial charge < -0.3 is 9.80 Å². The van der Waals surface area contributed by atoms with Crippen LogP contribution in [0.5, 0.6) is 0 Å². The van der Waals surface area contributed by atoms with Crippen LogP contribution in [0.25, 0.3) is 0 Å². The summed E-state index contributed by atoms with van der Waals surface area (Å²) < 4.78 is 0. The maximum absolute atomic E-state index is 12.5. The lowest BCUT2D eigenvalue weighted by atomic mass is 10.1. The lowest BCUT2D eigenvalue weighted by Gasteiger charge is -2.36. The number of benzene rings is 1. The van der Waals surface area contributed by atoms with Crippen LogP contribution in [-0.4, -0.2) is 60.7 Å². The Labute approximate surface area is 130 Å². The van der Waals surface area contributed by atoms with Gasteiger partial charge >= 0.3 is 0 Å². The van der Waals surface area contributed by atoms with Gasteiger partial charge in [0.25, 0.3) is 5.91 Å². The van der Waals surface area contributed by atoms with Crippen molar-refractivity contribution in [1.82, 2.24) is 9.91 Å². The summed E-state index contributed by atoms with van der Waals surface area (Å²) in [5.41, 5.74) is 1.69. The van der Waals surface area contributed by atoms with E-state index in [1.54, 1.807) is 7.05 Å². The fraction of sp³-hybridized carbons (Fsp3) is 0.438. The highest BCUT2D eigenvalue weighted by atomic mass is 16.2. The van der Waals surface area contributed by atoms with E-state index in [0.29, 0.717) is 31.6 Å². The molecule has 1 aromatic carbocycles. The third-order valence-electron chi connectivity index (χ3n) is 4.14. The van der Waals surface area contributed by atoms with E-state index in [1.165, 1.54) is 10.7 Å². The van der Waals surface area contributed by atoms with Crippen LogP contribution in [0.4, 0.5) is 5.69 Å². The maximum Gasteiger partial charge on any atom is 0.270 e. The largest absolute Gasteiger partial charge is 0.368 e. The highest BCUT2D eigenvalue weighted by Gasteiger charge is 2.28. The van der Waals surface area contributed by atoms with Gasteiger partial charge in [0.2, 0.25) is 5.91 Å². The van der Waals surface area contributed by atoms with E-state index in [1.807, 2.05) is 23.1 Å². The van der Waals surface area contributed by atoms with Gasteiger partial charge in [0.1, 0.15) is 5.71 Å². The second-order valence-electron chi connectivity index (χ2n) is 5.58. The zero-order valence-corrected chi connectivity index (χ0v) is 12.7. The summed E-state index contributed by atoms with van der Waals surface area (Å²) in [4.78, 5) is 28.0. The third kappa shape index (κ3) is 2.95. The Bertz CT molecular complexity index is 591. The second kappa shape index (κ2) is 6.17. The van der Waals surface area contributed by atoms with Gasteiger partial charge in [0.05, 0.1) is 0 Å². The smallest absolute Gasteiger partial charge is 0.270 e. The molecule has 6 heteroatoms. The zero-order valence-electron chi connectivity index (χ0n) is 12.7. The van der Waals surface area contributed by atoms with Crippen LogP contribution in [0.1, 0.15) is 12.8 Å². The molecule has 0 bridgehead atoms. The number of carbonyl (C=O) groups excluding carboxylic acids is 2. The first-order valence-electron chi connectivity index (χ1n) is 7.58. The van der Waals surface area contributed by atoms with Gasteiger partial charge in [-0.2, -0.15) is 5.10 Å². The van der Waals surface area contributed by atoms with Crippen molar-refractivity contribution in [3.63, 3.8) is 0 Å². The Morgan fingerprint density at radius 2 is 1.73 bits per heavy atom. The van der Waals surface area contributed by atoms with Gasteiger partial charge in [-0.1, -0.05) is 18.2 Å². The third-order valence-corrected chi connectivity index (χ3v) is 4.14. The number of piperazine rings is 1. The predicted molar refractivity (Wildman–Crippen MR) is 84.7 cm³/mol. The topological polar surface area (TPSA) is 56.2 Å². The number of nitrogens with zero attached hydrogens (tertiary/aromatic N) is 4. The zero-order chi connectivity index (χ0) is 15.5. The molecule has 0 unspecified atom stereocenters. The number of hydrogen-bond donors (Lipinski definition) is 0. The van der Waals surface area contributed by atoms with Gasteiger partial charge in [-0.05, 0) is 12.1 Å². The lowest BCUT2D eigenvalue weighted by molar-refractivity contribution is -0.130. The number of hydrogen-bond acceptors (Lipinski definition) is 4. The number of para-hydroxylation sites is 1. The summed E-state index contributed by atoms with van der Waals surface area (Å²) in [7, 11) is 1.60. The first-order chi connectivity index (χ1) is 10.6. The van der Waals surface area contributed by atoms with Crippen molar-refractivity contribution < 1.29 is 9.59 Å². The molecule has 0 N–H and O–H groups in total. The summed E-state index contributed by atoms with van der Waals surface area (Å²) in [5.74, 6) is -0.0718. The number of amides is 2. The van der Waals surface area contributed by atoms with E-state index < -0.39 is 0 Å². The van der Waals surface area contributed by atoms with Gasteiger partial charge in [-0.25, -0.2) is 5.01 Å². The Morgan fingerprint density at radius 3 is 2.36 bits per heavy atom. The lowest BCUT2D eigenvalue weighted by Crippen LogP contribution is -2.51. The summed E-state index contributed by atoms with van der Waals surface area (Å²) in [6.45, 7) is 3.00. The van der Waals surface area contributed by atoms with E-state index in [-0.39, 0.29) is 11.8 Å². The minimum atomic E-state index is -0.0366. The van der Waals surface area contributed by atoms with Crippen molar-refractivity contribution >= 4 is 23.2 Å². The molecule has 1 aromatic rings. The molecule has 22 heavy (non-hydrogen) atoms. The highest BCUT2D eigenvalue weighted by molar-refractivity contribution is 6.39. The molecule has 0 aromatic heterocycles.